The van der Waals surface area contributed by atoms with Crippen LogP contribution in [0.1, 0.15) is 35.4 Å². The van der Waals surface area contributed by atoms with E-state index < -0.39 is 0 Å². The van der Waals surface area contributed by atoms with Crippen molar-refractivity contribution in [3.8, 4) is 0 Å². The van der Waals surface area contributed by atoms with Crippen LogP contribution >= 0.6 is 22.9 Å². The molecule has 0 unspecified atom stereocenters. The Morgan fingerprint density at radius 2 is 2.00 bits per heavy atom. The molecule has 88 valence electrons. The second-order valence-corrected chi connectivity index (χ2v) is 6.28. The van der Waals surface area contributed by atoms with Crippen LogP contribution in [0.3, 0.4) is 0 Å². The Morgan fingerprint density at radius 1 is 1.38 bits per heavy atom. The molecule has 1 aliphatic carbocycles. The van der Waals surface area contributed by atoms with Gasteiger partial charge >= 0.3 is 0 Å². The lowest BCUT2D eigenvalue weighted by Crippen LogP contribution is -2.48. The maximum Gasteiger partial charge on any atom is 0.192 e. The molecule has 2 rings (SSSR count). The molecule has 0 amide bonds. The molecule has 4 heteroatoms. The minimum Gasteiger partial charge on any atom is -0.297 e. The molecule has 0 bridgehead atoms. The number of carbonyl (C=O) groups is 1. The highest BCUT2D eigenvalue weighted by Gasteiger charge is 2.43. The van der Waals surface area contributed by atoms with E-state index >= 15 is 0 Å². The van der Waals surface area contributed by atoms with Crippen LogP contribution in [0.2, 0.25) is 4.34 Å². The molecule has 1 aliphatic rings. The van der Waals surface area contributed by atoms with E-state index in [1.165, 1.54) is 11.3 Å². The fourth-order valence-corrected chi connectivity index (χ4v) is 3.58. The Hall–Kier alpha value is -0.380. The molecule has 1 saturated carbocycles. The summed E-state index contributed by atoms with van der Waals surface area (Å²) in [4.78, 5) is 15.4. The predicted molar refractivity (Wildman–Crippen MR) is 68.5 cm³/mol. The second-order valence-electron chi connectivity index (χ2n) is 4.57. The largest absolute Gasteiger partial charge is 0.297 e. The van der Waals surface area contributed by atoms with Crippen LogP contribution in [0.15, 0.2) is 12.1 Å². The third-order valence-electron chi connectivity index (χ3n) is 3.51. The molecule has 1 fully saturated rings. The number of thiophene rings is 1. The lowest BCUT2D eigenvalue weighted by molar-refractivity contribution is 0.0698. The van der Waals surface area contributed by atoms with E-state index in [1.54, 1.807) is 6.07 Å². The molecule has 0 spiro atoms. The van der Waals surface area contributed by atoms with Crippen molar-refractivity contribution in [3.63, 3.8) is 0 Å². The molecule has 1 aromatic rings. The number of ketones is 1. The first-order chi connectivity index (χ1) is 7.56. The van der Waals surface area contributed by atoms with Crippen LogP contribution in [0.25, 0.3) is 0 Å². The molecule has 0 N–H and O–H groups in total. The van der Waals surface area contributed by atoms with Crippen molar-refractivity contribution in [2.75, 3.05) is 14.1 Å². The van der Waals surface area contributed by atoms with Gasteiger partial charge in [-0.2, -0.15) is 0 Å². The number of halogens is 1. The summed E-state index contributed by atoms with van der Waals surface area (Å²) in [6.45, 7) is 0. The highest BCUT2D eigenvalue weighted by Crippen LogP contribution is 2.38. The number of hydrogen-bond acceptors (Lipinski definition) is 3. The molecular weight excluding hydrogens is 242 g/mol. The van der Waals surface area contributed by atoms with Crippen molar-refractivity contribution >= 4 is 28.7 Å². The fourth-order valence-electron chi connectivity index (χ4n) is 2.50. The normalized spacial score (nSPS) is 19.2. The zero-order valence-electron chi connectivity index (χ0n) is 9.62. The van der Waals surface area contributed by atoms with Gasteiger partial charge < -0.3 is 0 Å². The molecule has 1 aromatic heterocycles. The lowest BCUT2D eigenvalue weighted by Gasteiger charge is -2.34. The van der Waals surface area contributed by atoms with Crippen LogP contribution in [0.4, 0.5) is 0 Å². The molecule has 0 atom stereocenters. The highest BCUT2D eigenvalue weighted by atomic mass is 35.5. The van der Waals surface area contributed by atoms with E-state index in [4.69, 9.17) is 11.6 Å². The Labute approximate surface area is 105 Å². The first-order valence-corrected chi connectivity index (χ1v) is 6.73. The van der Waals surface area contributed by atoms with E-state index in [2.05, 4.69) is 4.90 Å². The molecule has 1 heterocycles. The van der Waals surface area contributed by atoms with Crippen molar-refractivity contribution in [3.05, 3.63) is 21.3 Å². The van der Waals surface area contributed by atoms with Gasteiger partial charge in [0.2, 0.25) is 0 Å². The van der Waals surface area contributed by atoms with Crippen molar-refractivity contribution in [2.45, 2.75) is 31.2 Å². The Bertz CT molecular complexity index is 393. The topological polar surface area (TPSA) is 20.3 Å². The zero-order valence-corrected chi connectivity index (χ0v) is 11.2. The van der Waals surface area contributed by atoms with Gasteiger partial charge in [-0.3, -0.25) is 9.69 Å². The van der Waals surface area contributed by atoms with Gasteiger partial charge in [0.15, 0.2) is 5.78 Å². The highest BCUT2D eigenvalue weighted by molar-refractivity contribution is 7.18. The van der Waals surface area contributed by atoms with Crippen molar-refractivity contribution in [1.29, 1.82) is 0 Å². The van der Waals surface area contributed by atoms with Crippen molar-refractivity contribution in [2.24, 2.45) is 0 Å². The Balaban J connectivity index is 2.31. The molecule has 0 saturated heterocycles. The molecule has 2 nitrogen and oxygen atoms in total. The first-order valence-electron chi connectivity index (χ1n) is 5.54. The number of likely N-dealkylation sites (N-methyl/N-ethyl adjacent to an activating group) is 1. The monoisotopic (exact) mass is 257 g/mol. The van der Waals surface area contributed by atoms with Gasteiger partial charge in [-0.1, -0.05) is 24.4 Å². The van der Waals surface area contributed by atoms with Gasteiger partial charge in [-0.05, 0) is 39.1 Å². The van der Waals surface area contributed by atoms with Gasteiger partial charge in [-0.15, -0.1) is 11.3 Å². The summed E-state index contributed by atoms with van der Waals surface area (Å²) in [7, 11) is 4.00. The predicted octanol–water partition coefficient (Wildman–Crippen LogP) is 3.46. The van der Waals surface area contributed by atoms with Crippen LogP contribution < -0.4 is 0 Å². The average Bonchev–Trinajstić information content (AvgIpc) is 2.85. The van der Waals surface area contributed by atoms with E-state index in [1.807, 2.05) is 20.2 Å². The van der Waals surface area contributed by atoms with Crippen LogP contribution in [-0.4, -0.2) is 30.3 Å². The summed E-state index contributed by atoms with van der Waals surface area (Å²) in [5.41, 5.74) is -0.284. The number of nitrogens with zero attached hydrogens (tertiary/aromatic N) is 1. The molecular formula is C12H16ClNOS. The van der Waals surface area contributed by atoms with Crippen LogP contribution in [0, 0.1) is 0 Å². The van der Waals surface area contributed by atoms with Crippen molar-refractivity contribution < 1.29 is 4.79 Å². The Morgan fingerprint density at radius 3 is 2.44 bits per heavy atom. The minimum atomic E-state index is -0.284. The summed E-state index contributed by atoms with van der Waals surface area (Å²) in [6.07, 6.45) is 4.22. The van der Waals surface area contributed by atoms with E-state index in [0.29, 0.717) is 4.34 Å². The van der Waals surface area contributed by atoms with Crippen molar-refractivity contribution in [1.82, 2.24) is 4.90 Å². The maximum atomic E-state index is 12.5. The van der Waals surface area contributed by atoms with Gasteiger partial charge in [0.1, 0.15) is 0 Å². The summed E-state index contributed by atoms with van der Waals surface area (Å²) in [5, 5.41) is 0. The Kier molecular flexibility index (Phi) is 3.38. The molecule has 0 radical (unpaired) electrons. The SMILES string of the molecule is CN(C)C1(C(=O)c2ccc(Cl)s2)CCCC1. The molecule has 0 aliphatic heterocycles. The quantitative estimate of drug-likeness (QED) is 0.773. The van der Waals surface area contributed by atoms with Crippen LogP contribution in [0.5, 0.6) is 0 Å². The summed E-state index contributed by atoms with van der Waals surface area (Å²) in [5.74, 6) is 0.243. The van der Waals surface area contributed by atoms with Gasteiger partial charge in [-0.25, -0.2) is 0 Å². The number of rotatable bonds is 3. The second kappa shape index (κ2) is 4.47. The zero-order chi connectivity index (χ0) is 11.8. The number of Topliss-reactive ketones (excluding diaryl/α,β-unsaturated/α-hetero) is 1. The third-order valence-corrected chi connectivity index (χ3v) is 4.74. The average molecular weight is 258 g/mol. The number of carbonyl (C=O) groups excluding carboxylic acids is 1. The molecule has 0 aromatic carbocycles. The van der Waals surface area contributed by atoms with E-state index in [-0.39, 0.29) is 11.3 Å². The van der Waals surface area contributed by atoms with Gasteiger partial charge in [0, 0.05) is 0 Å². The van der Waals surface area contributed by atoms with Crippen LogP contribution in [-0.2, 0) is 0 Å². The maximum absolute atomic E-state index is 12.5. The molecule has 16 heavy (non-hydrogen) atoms. The summed E-state index contributed by atoms with van der Waals surface area (Å²) < 4.78 is 0.690. The first kappa shape index (κ1) is 12.1. The number of hydrogen-bond donors (Lipinski definition) is 0. The third kappa shape index (κ3) is 1.92. The van der Waals surface area contributed by atoms with E-state index in [0.717, 1.165) is 30.6 Å². The standard InChI is InChI=1S/C12H16ClNOS/c1-14(2)12(7-3-4-8-12)11(15)9-5-6-10(13)16-9/h5-6H,3-4,7-8H2,1-2H3. The minimum absolute atomic E-state index is 0.243. The van der Waals surface area contributed by atoms with Gasteiger partial charge in [0.05, 0.1) is 14.8 Å². The summed E-state index contributed by atoms with van der Waals surface area (Å²) >= 11 is 7.28. The fraction of sp³-hybridized carbons (Fsp3) is 0.583. The van der Waals surface area contributed by atoms with Gasteiger partial charge in [0.25, 0.3) is 0 Å². The lowest BCUT2D eigenvalue weighted by atomic mass is 9.89. The smallest absolute Gasteiger partial charge is 0.192 e. The van der Waals surface area contributed by atoms with E-state index in [9.17, 15) is 4.79 Å². The summed E-state index contributed by atoms with van der Waals surface area (Å²) in [6, 6.07) is 3.65.